The average molecular weight is 216 g/mol. The number of nitrogens with one attached hydrogen (secondary N) is 2. The third-order valence-electron chi connectivity index (χ3n) is 1.58. The SMILES string of the molecule is CCCNC(=O)CNC(=O)CCC(=O)O. The Hall–Kier alpha value is -1.59. The van der Waals surface area contributed by atoms with Gasteiger partial charge >= 0.3 is 5.97 Å². The summed E-state index contributed by atoms with van der Waals surface area (Å²) in [5.74, 6) is -1.72. The van der Waals surface area contributed by atoms with Crippen LogP contribution in [0, 0.1) is 0 Å². The summed E-state index contributed by atoms with van der Waals surface area (Å²) < 4.78 is 0. The zero-order chi connectivity index (χ0) is 11.7. The van der Waals surface area contributed by atoms with E-state index in [-0.39, 0.29) is 25.3 Å². The minimum absolute atomic E-state index is 0.0988. The average Bonchev–Trinajstić information content (AvgIpc) is 2.20. The van der Waals surface area contributed by atoms with E-state index in [0.29, 0.717) is 6.54 Å². The molecule has 0 atom stereocenters. The first-order chi connectivity index (χ1) is 7.06. The highest BCUT2D eigenvalue weighted by atomic mass is 16.4. The first kappa shape index (κ1) is 13.4. The molecule has 0 aromatic heterocycles. The lowest BCUT2D eigenvalue weighted by molar-refractivity contribution is -0.138. The van der Waals surface area contributed by atoms with Crippen molar-refractivity contribution in [1.29, 1.82) is 0 Å². The molecule has 0 bridgehead atoms. The minimum atomic E-state index is -1.03. The lowest BCUT2D eigenvalue weighted by Crippen LogP contribution is -2.37. The van der Waals surface area contributed by atoms with Gasteiger partial charge in [-0.1, -0.05) is 6.92 Å². The predicted molar refractivity (Wildman–Crippen MR) is 53.2 cm³/mol. The zero-order valence-corrected chi connectivity index (χ0v) is 8.71. The Bertz CT molecular complexity index is 240. The van der Waals surface area contributed by atoms with E-state index in [1.165, 1.54) is 0 Å². The summed E-state index contributed by atoms with van der Waals surface area (Å²) in [4.78, 5) is 32.1. The fourth-order valence-corrected chi connectivity index (χ4v) is 0.815. The lowest BCUT2D eigenvalue weighted by atomic mass is 10.3. The van der Waals surface area contributed by atoms with Crippen LogP contribution in [0.15, 0.2) is 0 Å². The standard InChI is InChI=1S/C9H16N2O4/c1-2-5-10-8(13)6-11-7(12)3-4-9(14)15/h2-6H2,1H3,(H,10,13)(H,11,12)(H,14,15). The van der Waals surface area contributed by atoms with Crippen LogP contribution < -0.4 is 10.6 Å². The third-order valence-corrected chi connectivity index (χ3v) is 1.58. The summed E-state index contributed by atoms with van der Waals surface area (Å²) in [5.41, 5.74) is 0. The van der Waals surface area contributed by atoms with Crippen LogP contribution in [0.25, 0.3) is 0 Å². The number of carboxylic acids is 1. The first-order valence-electron chi connectivity index (χ1n) is 4.81. The Morgan fingerprint density at radius 1 is 1.07 bits per heavy atom. The quantitative estimate of drug-likeness (QED) is 0.534. The summed E-state index contributed by atoms with van der Waals surface area (Å²) in [6.45, 7) is 2.40. The highest BCUT2D eigenvalue weighted by Gasteiger charge is 2.06. The molecular weight excluding hydrogens is 200 g/mol. The van der Waals surface area contributed by atoms with Gasteiger partial charge in [0.05, 0.1) is 13.0 Å². The van der Waals surface area contributed by atoms with Gasteiger partial charge in [0.25, 0.3) is 0 Å². The monoisotopic (exact) mass is 216 g/mol. The summed E-state index contributed by atoms with van der Waals surface area (Å²) in [7, 11) is 0. The first-order valence-corrected chi connectivity index (χ1v) is 4.81. The van der Waals surface area contributed by atoms with E-state index in [9.17, 15) is 14.4 Å². The van der Waals surface area contributed by atoms with Gasteiger partial charge in [0, 0.05) is 13.0 Å². The molecule has 86 valence electrons. The molecule has 15 heavy (non-hydrogen) atoms. The van der Waals surface area contributed by atoms with E-state index >= 15 is 0 Å². The number of carbonyl (C=O) groups is 3. The Morgan fingerprint density at radius 2 is 1.73 bits per heavy atom. The molecule has 0 unspecified atom stereocenters. The molecule has 0 aliphatic rings. The lowest BCUT2D eigenvalue weighted by Gasteiger charge is -2.04. The van der Waals surface area contributed by atoms with Crippen molar-refractivity contribution in [3.63, 3.8) is 0 Å². The molecule has 3 N–H and O–H groups in total. The topological polar surface area (TPSA) is 95.5 Å². The van der Waals surface area contributed by atoms with Gasteiger partial charge in [0.1, 0.15) is 0 Å². The molecule has 6 nitrogen and oxygen atoms in total. The van der Waals surface area contributed by atoms with Crippen LogP contribution in [-0.2, 0) is 14.4 Å². The normalized spacial score (nSPS) is 9.40. The van der Waals surface area contributed by atoms with Gasteiger partial charge in [-0.2, -0.15) is 0 Å². The Balaban J connectivity index is 3.53. The molecular formula is C9H16N2O4. The number of aliphatic carboxylic acids is 1. The second-order valence-corrected chi connectivity index (χ2v) is 3.02. The maximum Gasteiger partial charge on any atom is 0.303 e. The number of hydrogen-bond donors (Lipinski definition) is 3. The highest BCUT2D eigenvalue weighted by molar-refractivity contribution is 5.86. The van der Waals surface area contributed by atoms with Crippen LogP contribution >= 0.6 is 0 Å². The number of hydrogen-bond acceptors (Lipinski definition) is 3. The van der Waals surface area contributed by atoms with Gasteiger partial charge in [-0.3, -0.25) is 14.4 Å². The van der Waals surface area contributed by atoms with E-state index in [1.54, 1.807) is 0 Å². The largest absolute Gasteiger partial charge is 0.481 e. The van der Waals surface area contributed by atoms with Gasteiger partial charge in [-0.25, -0.2) is 0 Å². The summed E-state index contributed by atoms with van der Waals surface area (Å²) >= 11 is 0. The Morgan fingerprint density at radius 3 is 2.27 bits per heavy atom. The van der Waals surface area contributed by atoms with Gasteiger partial charge in [0.2, 0.25) is 11.8 Å². The molecule has 0 saturated carbocycles. The van der Waals surface area contributed by atoms with Gasteiger partial charge < -0.3 is 15.7 Å². The van der Waals surface area contributed by atoms with Gasteiger partial charge in [-0.05, 0) is 6.42 Å². The number of amides is 2. The second-order valence-electron chi connectivity index (χ2n) is 3.02. The van der Waals surface area contributed by atoms with Crippen LogP contribution in [0.2, 0.25) is 0 Å². The van der Waals surface area contributed by atoms with Crippen molar-refractivity contribution >= 4 is 17.8 Å². The van der Waals surface area contributed by atoms with Crippen LogP contribution in [0.4, 0.5) is 0 Å². The van der Waals surface area contributed by atoms with Gasteiger partial charge in [-0.15, -0.1) is 0 Å². The molecule has 0 radical (unpaired) electrons. The molecule has 0 spiro atoms. The smallest absolute Gasteiger partial charge is 0.303 e. The molecule has 0 saturated heterocycles. The molecule has 0 aromatic rings. The van der Waals surface area contributed by atoms with Crippen LogP contribution in [-0.4, -0.2) is 36.0 Å². The van der Waals surface area contributed by atoms with Crippen LogP contribution in [0.3, 0.4) is 0 Å². The Labute approximate surface area is 88.0 Å². The molecule has 0 fully saturated rings. The number of carboxylic acid groups (broad SMARTS) is 1. The maximum absolute atomic E-state index is 11.0. The van der Waals surface area contributed by atoms with Crippen molar-refractivity contribution in [2.75, 3.05) is 13.1 Å². The van der Waals surface area contributed by atoms with E-state index in [2.05, 4.69) is 10.6 Å². The maximum atomic E-state index is 11.0. The minimum Gasteiger partial charge on any atom is -0.481 e. The second kappa shape index (κ2) is 7.78. The fraction of sp³-hybridized carbons (Fsp3) is 0.667. The predicted octanol–water partition coefficient (Wildman–Crippen LogP) is -0.506. The molecule has 2 amide bonds. The van der Waals surface area contributed by atoms with Crippen molar-refractivity contribution in [2.24, 2.45) is 0 Å². The molecule has 0 rings (SSSR count). The van der Waals surface area contributed by atoms with E-state index in [0.717, 1.165) is 6.42 Å². The molecule has 0 aliphatic heterocycles. The Kier molecular flexibility index (Phi) is 6.96. The molecule has 0 heterocycles. The fourth-order valence-electron chi connectivity index (χ4n) is 0.815. The van der Waals surface area contributed by atoms with Crippen LogP contribution in [0.1, 0.15) is 26.2 Å². The molecule has 0 aromatic carbocycles. The summed E-state index contributed by atoms with van der Waals surface area (Å²) in [5, 5.41) is 13.2. The van der Waals surface area contributed by atoms with Crippen molar-refractivity contribution in [1.82, 2.24) is 10.6 Å². The summed E-state index contributed by atoms with van der Waals surface area (Å²) in [6.07, 6.45) is 0.511. The van der Waals surface area contributed by atoms with E-state index in [4.69, 9.17) is 5.11 Å². The number of carbonyl (C=O) groups excluding carboxylic acids is 2. The van der Waals surface area contributed by atoms with E-state index < -0.39 is 11.9 Å². The third kappa shape index (κ3) is 8.73. The molecule has 0 aliphatic carbocycles. The molecule has 6 heteroatoms. The number of rotatable bonds is 7. The van der Waals surface area contributed by atoms with Gasteiger partial charge in [0.15, 0.2) is 0 Å². The van der Waals surface area contributed by atoms with Crippen molar-refractivity contribution < 1.29 is 19.5 Å². The van der Waals surface area contributed by atoms with Crippen molar-refractivity contribution in [2.45, 2.75) is 26.2 Å². The van der Waals surface area contributed by atoms with Crippen molar-refractivity contribution in [3.05, 3.63) is 0 Å². The van der Waals surface area contributed by atoms with E-state index in [1.807, 2.05) is 6.92 Å². The van der Waals surface area contributed by atoms with Crippen molar-refractivity contribution in [3.8, 4) is 0 Å². The highest BCUT2D eigenvalue weighted by Crippen LogP contribution is 1.87. The zero-order valence-electron chi connectivity index (χ0n) is 8.71. The van der Waals surface area contributed by atoms with Crippen LogP contribution in [0.5, 0.6) is 0 Å². The summed E-state index contributed by atoms with van der Waals surface area (Å²) in [6, 6.07) is 0.